The monoisotopic (exact) mass is 378 g/mol. The maximum absolute atomic E-state index is 12.7. The number of aromatic amines is 1. The molecule has 2 aromatic carbocycles. The van der Waals surface area contributed by atoms with Crippen LogP contribution in [0.3, 0.4) is 0 Å². The number of hydrogen-bond acceptors (Lipinski definition) is 4. The summed E-state index contributed by atoms with van der Waals surface area (Å²) in [6.45, 7) is 0. The number of halogens is 3. The lowest BCUT2D eigenvalue weighted by Crippen LogP contribution is -2.05. The van der Waals surface area contributed by atoms with Crippen LogP contribution in [-0.2, 0) is 6.18 Å². The molecule has 8 heteroatoms. The highest BCUT2D eigenvalue weighted by Gasteiger charge is 2.30. The van der Waals surface area contributed by atoms with Crippen LogP contribution in [0.15, 0.2) is 48.7 Å². The summed E-state index contributed by atoms with van der Waals surface area (Å²) in [6, 6.07) is 9.68. The fourth-order valence-corrected chi connectivity index (χ4v) is 2.66. The summed E-state index contributed by atoms with van der Waals surface area (Å²) >= 11 is 0. The first-order valence-corrected chi connectivity index (χ1v) is 7.96. The molecule has 1 heterocycles. The molecule has 0 radical (unpaired) electrons. The van der Waals surface area contributed by atoms with E-state index in [0.717, 1.165) is 12.1 Å². The lowest BCUT2D eigenvalue weighted by atomic mass is 10.1. The van der Waals surface area contributed by atoms with Crippen LogP contribution < -0.4 is 9.47 Å². The van der Waals surface area contributed by atoms with Crippen LogP contribution in [0.25, 0.3) is 11.3 Å². The van der Waals surface area contributed by atoms with Gasteiger partial charge < -0.3 is 19.6 Å². The van der Waals surface area contributed by atoms with E-state index in [2.05, 4.69) is 9.97 Å². The molecule has 2 N–H and O–H groups in total. The van der Waals surface area contributed by atoms with Gasteiger partial charge in [0, 0.05) is 5.56 Å². The first-order valence-electron chi connectivity index (χ1n) is 7.96. The molecule has 0 saturated heterocycles. The predicted molar refractivity (Wildman–Crippen MR) is 92.6 cm³/mol. The Labute approximate surface area is 153 Å². The first kappa shape index (κ1) is 18.8. The standard InChI is InChI=1S/C19H17F3N2O3/c1-26-13-7-8-16(27-2)14(9-13)17(25)18-23-10-15(24-18)11-3-5-12(6-4-11)19(20,21)22/h3-10,17,25H,1-2H3,(H,23,24). The molecule has 0 aliphatic rings. The van der Waals surface area contributed by atoms with Gasteiger partial charge in [-0.15, -0.1) is 0 Å². The molecule has 1 aromatic heterocycles. The average molecular weight is 378 g/mol. The van der Waals surface area contributed by atoms with Crippen molar-refractivity contribution in [3.8, 4) is 22.8 Å². The number of nitrogens with zero attached hydrogens (tertiary/aromatic N) is 1. The van der Waals surface area contributed by atoms with E-state index in [4.69, 9.17) is 9.47 Å². The second-order valence-corrected chi connectivity index (χ2v) is 5.77. The van der Waals surface area contributed by atoms with Crippen molar-refractivity contribution in [2.75, 3.05) is 14.2 Å². The number of aliphatic hydroxyl groups excluding tert-OH is 1. The molecule has 0 aliphatic carbocycles. The molecule has 3 rings (SSSR count). The van der Waals surface area contributed by atoms with Crippen molar-refractivity contribution in [1.82, 2.24) is 9.97 Å². The molecule has 0 bridgehead atoms. The number of aliphatic hydroxyl groups is 1. The normalized spacial score (nSPS) is 12.7. The maximum Gasteiger partial charge on any atom is 0.416 e. The molecule has 5 nitrogen and oxygen atoms in total. The molecule has 0 fully saturated rings. The minimum Gasteiger partial charge on any atom is -0.497 e. The van der Waals surface area contributed by atoms with E-state index < -0.39 is 17.8 Å². The zero-order valence-corrected chi connectivity index (χ0v) is 14.5. The lowest BCUT2D eigenvalue weighted by Gasteiger charge is -2.14. The number of H-pyrrole nitrogens is 1. The molecular formula is C19H17F3N2O3. The van der Waals surface area contributed by atoms with E-state index in [9.17, 15) is 18.3 Å². The Morgan fingerprint density at radius 3 is 2.33 bits per heavy atom. The van der Waals surface area contributed by atoms with Crippen LogP contribution in [0, 0.1) is 0 Å². The third kappa shape index (κ3) is 3.90. The number of aromatic nitrogens is 2. The van der Waals surface area contributed by atoms with Gasteiger partial charge in [-0.05, 0) is 35.9 Å². The van der Waals surface area contributed by atoms with Crippen molar-refractivity contribution in [2.45, 2.75) is 12.3 Å². The van der Waals surface area contributed by atoms with Crippen LogP contribution in [0.1, 0.15) is 23.1 Å². The number of benzene rings is 2. The second kappa shape index (κ2) is 7.32. The van der Waals surface area contributed by atoms with Gasteiger partial charge in [-0.1, -0.05) is 12.1 Å². The quantitative estimate of drug-likeness (QED) is 0.699. The second-order valence-electron chi connectivity index (χ2n) is 5.77. The smallest absolute Gasteiger partial charge is 0.416 e. The lowest BCUT2D eigenvalue weighted by molar-refractivity contribution is -0.137. The molecule has 0 spiro atoms. The SMILES string of the molecule is COc1ccc(OC)c(C(O)c2ncc(-c3ccc(C(F)(F)F)cc3)[nH]2)c1. The van der Waals surface area contributed by atoms with Crippen molar-refractivity contribution in [2.24, 2.45) is 0 Å². The zero-order valence-electron chi connectivity index (χ0n) is 14.5. The maximum atomic E-state index is 12.7. The Morgan fingerprint density at radius 1 is 1.04 bits per heavy atom. The van der Waals surface area contributed by atoms with Crippen molar-refractivity contribution in [3.05, 3.63) is 65.6 Å². The summed E-state index contributed by atoms with van der Waals surface area (Å²) in [6.07, 6.45) is -4.07. The zero-order chi connectivity index (χ0) is 19.6. The van der Waals surface area contributed by atoms with Crippen molar-refractivity contribution < 1.29 is 27.8 Å². The Morgan fingerprint density at radius 2 is 1.74 bits per heavy atom. The molecule has 0 amide bonds. The van der Waals surface area contributed by atoms with E-state index in [1.807, 2.05) is 0 Å². The fraction of sp³-hybridized carbons (Fsp3) is 0.211. The predicted octanol–water partition coefficient (Wildman–Crippen LogP) is 4.19. The number of rotatable bonds is 5. The molecule has 0 saturated carbocycles. The summed E-state index contributed by atoms with van der Waals surface area (Å²) in [7, 11) is 2.99. The highest BCUT2D eigenvalue weighted by atomic mass is 19.4. The number of imidazole rings is 1. The van der Waals surface area contributed by atoms with E-state index in [-0.39, 0.29) is 5.82 Å². The Balaban J connectivity index is 1.89. The van der Waals surface area contributed by atoms with Crippen LogP contribution in [0.5, 0.6) is 11.5 Å². The van der Waals surface area contributed by atoms with Gasteiger partial charge in [-0.2, -0.15) is 13.2 Å². The van der Waals surface area contributed by atoms with Gasteiger partial charge in [0.1, 0.15) is 23.4 Å². The summed E-state index contributed by atoms with van der Waals surface area (Å²) in [5.41, 5.74) is 0.725. The summed E-state index contributed by atoms with van der Waals surface area (Å²) < 4.78 is 48.5. The highest BCUT2D eigenvalue weighted by Crippen LogP contribution is 2.34. The Hall–Kier alpha value is -3.00. The van der Waals surface area contributed by atoms with Gasteiger partial charge in [-0.25, -0.2) is 4.98 Å². The van der Waals surface area contributed by atoms with Gasteiger partial charge in [0.2, 0.25) is 0 Å². The first-order chi connectivity index (χ1) is 12.8. The van der Waals surface area contributed by atoms with Crippen molar-refractivity contribution in [1.29, 1.82) is 0 Å². The van der Waals surface area contributed by atoms with Gasteiger partial charge in [0.25, 0.3) is 0 Å². The minimum atomic E-state index is -4.39. The summed E-state index contributed by atoms with van der Waals surface area (Å²) in [5.74, 6) is 1.23. The molecule has 1 unspecified atom stereocenters. The van der Waals surface area contributed by atoms with Gasteiger partial charge >= 0.3 is 6.18 Å². The molecule has 1 atom stereocenters. The topological polar surface area (TPSA) is 67.4 Å². The molecule has 142 valence electrons. The number of ether oxygens (including phenoxy) is 2. The van der Waals surface area contributed by atoms with Gasteiger partial charge in [0.05, 0.1) is 31.7 Å². The number of methoxy groups -OCH3 is 2. The Bertz CT molecular complexity index is 921. The average Bonchev–Trinajstić information content (AvgIpc) is 3.16. The number of hydrogen-bond donors (Lipinski definition) is 2. The highest BCUT2D eigenvalue weighted by molar-refractivity contribution is 5.59. The fourth-order valence-electron chi connectivity index (χ4n) is 2.66. The van der Waals surface area contributed by atoms with Crippen LogP contribution in [-0.4, -0.2) is 29.3 Å². The van der Waals surface area contributed by atoms with Gasteiger partial charge in [-0.3, -0.25) is 0 Å². The van der Waals surface area contributed by atoms with Crippen LogP contribution in [0.2, 0.25) is 0 Å². The van der Waals surface area contributed by atoms with Crippen LogP contribution in [0.4, 0.5) is 13.2 Å². The van der Waals surface area contributed by atoms with Gasteiger partial charge in [0.15, 0.2) is 0 Å². The Kier molecular flexibility index (Phi) is 5.09. The largest absolute Gasteiger partial charge is 0.497 e. The van der Waals surface area contributed by atoms with E-state index >= 15 is 0 Å². The summed E-state index contributed by atoms with van der Waals surface area (Å²) in [4.78, 5) is 7.08. The van der Waals surface area contributed by atoms with Crippen LogP contribution >= 0.6 is 0 Å². The molecular weight excluding hydrogens is 361 g/mol. The minimum absolute atomic E-state index is 0.233. The van der Waals surface area contributed by atoms with Crippen molar-refractivity contribution in [3.63, 3.8) is 0 Å². The van der Waals surface area contributed by atoms with E-state index in [1.54, 1.807) is 18.2 Å². The third-order valence-corrected chi connectivity index (χ3v) is 4.11. The van der Waals surface area contributed by atoms with Crippen molar-refractivity contribution >= 4 is 0 Å². The summed E-state index contributed by atoms with van der Waals surface area (Å²) in [5, 5.41) is 10.7. The number of alkyl halides is 3. The molecule has 3 aromatic rings. The molecule has 27 heavy (non-hydrogen) atoms. The van der Waals surface area contributed by atoms with E-state index in [0.29, 0.717) is 28.3 Å². The molecule has 0 aliphatic heterocycles. The third-order valence-electron chi connectivity index (χ3n) is 4.11. The van der Waals surface area contributed by atoms with E-state index in [1.165, 1.54) is 32.5 Å². The number of nitrogens with one attached hydrogen (secondary N) is 1.